The predicted molar refractivity (Wildman–Crippen MR) is 95.0 cm³/mol. The number of hydrogen-bond donors (Lipinski definition) is 0. The number of morpholine rings is 1. The van der Waals surface area contributed by atoms with Crippen LogP contribution in [-0.4, -0.2) is 49.6 Å². The second kappa shape index (κ2) is 5.72. The number of anilines is 1. The van der Waals surface area contributed by atoms with Crippen molar-refractivity contribution in [3.8, 4) is 0 Å². The maximum absolute atomic E-state index is 6.19. The molecule has 3 fully saturated rings. The molecule has 0 spiro atoms. The average Bonchev–Trinajstić information content (AvgIpc) is 3.35. The van der Waals surface area contributed by atoms with Crippen LogP contribution in [0, 0.1) is 0 Å². The first-order chi connectivity index (χ1) is 11.4. The minimum absolute atomic E-state index is 0.319. The van der Waals surface area contributed by atoms with E-state index in [0.29, 0.717) is 5.92 Å². The summed E-state index contributed by atoms with van der Waals surface area (Å²) in [5.74, 6) is 1.76. The topological polar surface area (TPSA) is 43.8 Å². The molecule has 4 rings (SSSR count). The Hall–Kier alpha value is -1.11. The molecule has 0 amide bonds. The zero-order valence-corrected chi connectivity index (χ0v) is 15.2. The third-order valence-electron chi connectivity index (χ3n) is 5.77. The second-order valence-corrected chi connectivity index (χ2v) is 8.14. The van der Waals surface area contributed by atoms with Gasteiger partial charge in [-0.05, 0) is 52.0 Å². The summed E-state index contributed by atoms with van der Waals surface area (Å²) in [6.07, 6.45) is 4.44. The normalized spacial score (nSPS) is 26.0. The van der Waals surface area contributed by atoms with Crippen molar-refractivity contribution >= 4 is 18.4 Å². The van der Waals surface area contributed by atoms with Gasteiger partial charge in [-0.3, -0.25) is 0 Å². The molecule has 1 aromatic rings. The molecule has 130 valence electrons. The summed E-state index contributed by atoms with van der Waals surface area (Å²) < 4.78 is 17.9. The van der Waals surface area contributed by atoms with E-state index in [0.717, 1.165) is 37.6 Å². The first-order valence-electron chi connectivity index (χ1n) is 9.05. The van der Waals surface area contributed by atoms with Crippen molar-refractivity contribution in [2.75, 3.05) is 31.2 Å². The third-order valence-corrected chi connectivity index (χ3v) is 5.77. The van der Waals surface area contributed by atoms with Gasteiger partial charge in [0.15, 0.2) is 0 Å². The molecule has 2 aliphatic heterocycles. The van der Waals surface area contributed by atoms with Gasteiger partial charge in [0.2, 0.25) is 0 Å². The van der Waals surface area contributed by atoms with E-state index in [1.54, 1.807) is 0 Å². The Morgan fingerprint density at radius 1 is 1.08 bits per heavy atom. The lowest BCUT2D eigenvalue weighted by atomic mass is 9.79. The smallest absolute Gasteiger partial charge is 0.399 e. The van der Waals surface area contributed by atoms with Gasteiger partial charge >= 0.3 is 7.12 Å². The molecule has 1 saturated carbocycles. The van der Waals surface area contributed by atoms with E-state index in [1.165, 1.54) is 18.4 Å². The number of nitrogens with zero attached hydrogens (tertiary/aromatic N) is 2. The Morgan fingerprint density at radius 3 is 2.29 bits per heavy atom. The molecule has 6 heteroatoms. The van der Waals surface area contributed by atoms with E-state index in [1.807, 2.05) is 6.20 Å². The maximum atomic E-state index is 6.19. The summed E-state index contributed by atoms with van der Waals surface area (Å²) >= 11 is 0. The van der Waals surface area contributed by atoms with E-state index in [-0.39, 0.29) is 18.3 Å². The van der Waals surface area contributed by atoms with Crippen LogP contribution in [-0.2, 0) is 14.0 Å². The number of rotatable bonds is 3. The molecule has 0 atom stereocenters. The van der Waals surface area contributed by atoms with Gasteiger partial charge in [0.05, 0.1) is 24.4 Å². The van der Waals surface area contributed by atoms with Crippen molar-refractivity contribution in [3.05, 3.63) is 17.8 Å². The monoisotopic (exact) mass is 330 g/mol. The zero-order chi connectivity index (χ0) is 16.9. The van der Waals surface area contributed by atoms with Crippen molar-refractivity contribution in [2.24, 2.45) is 0 Å². The lowest BCUT2D eigenvalue weighted by Gasteiger charge is -2.32. The second-order valence-electron chi connectivity index (χ2n) is 8.14. The Bertz CT molecular complexity index is 609. The van der Waals surface area contributed by atoms with E-state index in [2.05, 4.69) is 38.7 Å². The minimum Gasteiger partial charge on any atom is -0.399 e. The fourth-order valence-electron chi connectivity index (χ4n) is 3.33. The standard InChI is InChI=1S/C18H27BN2O3/c1-17(2)18(3,4)24-19(23-17)14-11-15(13-5-6-13)16(20-12-14)21-7-9-22-10-8-21/h11-13H,5-10H2,1-4H3. The van der Waals surface area contributed by atoms with Gasteiger partial charge in [-0.2, -0.15) is 0 Å². The highest BCUT2D eigenvalue weighted by Gasteiger charge is 2.52. The van der Waals surface area contributed by atoms with Gasteiger partial charge in [-0.25, -0.2) is 4.98 Å². The van der Waals surface area contributed by atoms with Crippen molar-refractivity contribution < 1.29 is 14.0 Å². The Labute approximate surface area is 144 Å². The number of hydrogen-bond acceptors (Lipinski definition) is 5. The molecule has 3 heterocycles. The molecule has 0 aromatic carbocycles. The van der Waals surface area contributed by atoms with Gasteiger partial charge in [-0.15, -0.1) is 0 Å². The van der Waals surface area contributed by atoms with Crippen LogP contribution in [0.2, 0.25) is 0 Å². The van der Waals surface area contributed by atoms with Crippen molar-refractivity contribution in [1.29, 1.82) is 0 Å². The molecule has 0 radical (unpaired) electrons. The average molecular weight is 330 g/mol. The highest BCUT2D eigenvalue weighted by Crippen LogP contribution is 2.44. The SMILES string of the molecule is CC1(C)OB(c2cnc(N3CCOCC3)c(C3CC3)c2)OC1(C)C. The number of aromatic nitrogens is 1. The highest BCUT2D eigenvalue weighted by molar-refractivity contribution is 6.62. The molecule has 3 aliphatic rings. The summed E-state index contributed by atoms with van der Waals surface area (Å²) in [7, 11) is -0.335. The van der Waals surface area contributed by atoms with Gasteiger partial charge in [0.25, 0.3) is 0 Å². The molecule has 1 aliphatic carbocycles. The molecule has 24 heavy (non-hydrogen) atoms. The highest BCUT2D eigenvalue weighted by atomic mass is 16.7. The van der Waals surface area contributed by atoms with Crippen LogP contribution >= 0.6 is 0 Å². The molecule has 0 N–H and O–H groups in total. The molecular weight excluding hydrogens is 303 g/mol. The lowest BCUT2D eigenvalue weighted by molar-refractivity contribution is 0.00578. The van der Waals surface area contributed by atoms with Crippen LogP contribution in [0.3, 0.4) is 0 Å². The van der Waals surface area contributed by atoms with Crippen LogP contribution < -0.4 is 10.4 Å². The van der Waals surface area contributed by atoms with Gasteiger partial charge in [-0.1, -0.05) is 6.07 Å². The first-order valence-corrected chi connectivity index (χ1v) is 9.05. The maximum Gasteiger partial charge on any atom is 0.496 e. The van der Waals surface area contributed by atoms with Gasteiger partial charge < -0.3 is 18.9 Å². The molecule has 2 saturated heterocycles. The van der Waals surface area contributed by atoms with Crippen molar-refractivity contribution in [1.82, 2.24) is 4.98 Å². The molecular formula is C18H27BN2O3. The molecule has 5 nitrogen and oxygen atoms in total. The van der Waals surface area contributed by atoms with Crippen LogP contribution in [0.5, 0.6) is 0 Å². The van der Waals surface area contributed by atoms with Crippen LogP contribution in [0.4, 0.5) is 5.82 Å². The fourth-order valence-corrected chi connectivity index (χ4v) is 3.33. The summed E-state index contributed by atoms with van der Waals surface area (Å²) in [6.45, 7) is 11.8. The number of ether oxygens (including phenoxy) is 1. The fraction of sp³-hybridized carbons (Fsp3) is 0.722. The summed E-state index contributed by atoms with van der Waals surface area (Å²) in [5, 5.41) is 0. The lowest BCUT2D eigenvalue weighted by Crippen LogP contribution is -2.41. The number of pyridine rings is 1. The Balaban J connectivity index is 1.63. The first kappa shape index (κ1) is 16.4. The van der Waals surface area contributed by atoms with Crippen LogP contribution in [0.15, 0.2) is 12.3 Å². The van der Waals surface area contributed by atoms with Crippen molar-refractivity contribution in [3.63, 3.8) is 0 Å². The summed E-state index contributed by atoms with van der Waals surface area (Å²) in [6, 6.07) is 2.26. The Morgan fingerprint density at radius 2 is 1.71 bits per heavy atom. The van der Waals surface area contributed by atoms with Gasteiger partial charge in [0.1, 0.15) is 5.82 Å². The molecule has 0 bridgehead atoms. The van der Waals surface area contributed by atoms with Crippen LogP contribution in [0.25, 0.3) is 0 Å². The zero-order valence-electron chi connectivity index (χ0n) is 15.2. The Kier molecular flexibility index (Phi) is 3.90. The minimum atomic E-state index is -0.335. The van der Waals surface area contributed by atoms with Crippen molar-refractivity contribution in [2.45, 2.75) is 57.7 Å². The molecule has 0 unspecified atom stereocenters. The van der Waals surface area contributed by atoms with E-state index in [4.69, 9.17) is 19.0 Å². The third kappa shape index (κ3) is 2.85. The quantitative estimate of drug-likeness (QED) is 0.794. The summed E-state index contributed by atoms with van der Waals surface area (Å²) in [5.41, 5.74) is 1.75. The van der Waals surface area contributed by atoms with Crippen LogP contribution in [0.1, 0.15) is 52.0 Å². The summed E-state index contributed by atoms with van der Waals surface area (Å²) in [4.78, 5) is 7.17. The van der Waals surface area contributed by atoms with E-state index >= 15 is 0 Å². The molecule has 1 aromatic heterocycles. The van der Waals surface area contributed by atoms with Gasteiger partial charge in [0, 0.05) is 24.7 Å². The predicted octanol–water partition coefficient (Wildman–Crippen LogP) is 2.09. The largest absolute Gasteiger partial charge is 0.496 e. The van der Waals surface area contributed by atoms with E-state index in [9.17, 15) is 0 Å². The van der Waals surface area contributed by atoms with E-state index < -0.39 is 0 Å².